The van der Waals surface area contributed by atoms with Gasteiger partial charge in [0.15, 0.2) is 23.2 Å². The van der Waals surface area contributed by atoms with E-state index in [0.717, 1.165) is 24.0 Å². The second kappa shape index (κ2) is 17.6. The van der Waals surface area contributed by atoms with Crippen molar-refractivity contribution in [3.05, 3.63) is 184 Å². The van der Waals surface area contributed by atoms with Crippen LogP contribution in [0.3, 0.4) is 0 Å². The van der Waals surface area contributed by atoms with Crippen LogP contribution in [0.2, 0.25) is 0 Å². The van der Waals surface area contributed by atoms with E-state index in [4.69, 9.17) is 19.2 Å². The van der Waals surface area contributed by atoms with Gasteiger partial charge in [-0.25, -0.2) is 19.0 Å². The Morgan fingerprint density at radius 3 is 2.22 bits per heavy atom. The number of esters is 1. The minimum Gasteiger partial charge on any atom is -0.508 e. The Balaban J connectivity index is 0.716. The van der Waals surface area contributed by atoms with Crippen molar-refractivity contribution in [2.75, 3.05) is 18.5 Å². The van der Waals surface area contributed by atoms with Gasteiger partial charge in [-0.05, 0) is 103 Å². The molecule has 14 heteroatoms. The summed E-state index contributed by atoms with van der Waals surface area (Å²) in [7, 11) is 0. The molecule has 3 aliphatic heterocycles. The molecule has 4 heterocycles. The molecular weight excluding hydrogens is 856 g/mol. The molecule has 0 saturated carbocycles. The van der Waals surface area contributed by atoms with Crippen LogP contribution in [-0.4, -0.2) is 57.3 Å². The van der Waals surface area contributed by atoms with E-state index in [-0.39, 0.29) is 58.3 Å². The number of anilines is 1. The lowest BCUT2D eigenvalue weighted by Crippen LogP contribution is -2.44. The molecule has 1 spiro atoms. The highest BCUT2D eigenvalue weighted by atomic mass is 19.1. The maximum absolute atomic E-state index is 15.4. The summed E-state index contributed by atoms with van der Waals surface area (Å²) in [6, 6.07) is 34.4. The molecular formula is C53H44FN4O9+. The number of nitrogens with one attached hydrogen (secondary N) is 2. The molecule has 67 heavy (non-hydrogen) atoms. The van der Waals surface area contributed by atoms with E-state index >= 15 is 4.39 Å². The fraction of sp³-hybridized carbons (Fsp3) is 0.189. The standard InChI is InChI=1S/C53H43FN4O9/c54-42-24-32(26-44-51(63)58-30-45(33-11-14-35(59)15-12-33)56-43(49(58)57-44)25-31-8-4-3-5-9-31)10-21-46(42)65-23-7-2-1-6-22-55-50(62)34-13-18-38-41(27-34)53(67-52(38)64)39-19-16-36(60)28-47(39)66-48-29-37(61)17-20-40(48)53/h3-5,8-21,24,27-30,44H,1-2,6-7,22-23,25-26H2,(H4,55,59,60,61,62)/p+1. The Hall–Kier alpha value is -8.26. The zero-order chi connectivity index (χ0) is 46.2. The van der Waals surface area contributed by atoms with Gasteiger partial charge in [0.1, 0.15) is 46.3 Å². The number of ether oxygens (including phenoxy) is 3. The van der Waals surface area contributed by atoms with Crippen LogP contribution in [0.25, 0.3) is 11.3 Å². The molecule has 5 N–H and O–H groups in total. The van der Waals surface area contributed by atoms with Gasteiger partial charge in [0.25, 0.3) is 5.91 Å². The largest absolute Gasteiger partial charge is 0.508 e. The number of phenols is 3. The first-order valence-corrected chi connectivity index (χ1v) is 22.1. The predicted octanol–water partition coefficient (Wildman–Crippen LogP) is 8.50. The van der Waals surface area contributed by atoms with E-state index in [9.17, 15) is 29.7 Å². The number of halogens is 1. The summed E-state index contributed by atoms with van der Waals surface area (Å²) in [5.41, 5.74) is 4.19. The number of hydrogen-bond donors (Lipinski definition) is 5. The third kappa shape index (κ3) is 8.22. The maximum Gasteiger partial charge on any atom is 0.359 e. The monoisotopic (exact) mass is 899 g/mol. The number of rotatable bonds is 14. The number of fused-ring (bicyclic) bond motifs is 7. The van der Waals surface area contributed by atoms with Crippen LogP contribution < -0.4 is 24.7 Å². The normalized spacial score (nSPS) is 14.9. The third-order valence-corrected chi connectivity index (χ3v) is 12.3. The topological polar surface area (TPSA) is 180 Å². The molecule has 1 unspecified atom stereocenters. The van der Waals surface area contributed by atoms with Crippen LogP contribution in [-0.2, 0) is 23.2 Å². The molecule has 1 amide bonds. The number of phenolic OH excluding ortho intramolecular Hbond substituents is 3. The molecule has 6 aromatic carbocycles. The van der Waals surface area contributed by atoms with Gasteiger partial charge in [-0.15, -0.1) is 0 Å². The number of carbonyl (C=O) groups excluding carboxylic acids is 3. The minimum atomic E-state index is -1.48. The summed E-state index contributed by atoms with van der Waals surface area (Å²) in [6.45, 7) is 0.698. The summed E-state index contributed by atoms with van der Waals surface area (Å²) in [5, 5.41) is 36.6. The lowest BCUT2D eigenvalue weighted by atomic mass is 9.77. The average Bonchev–Trinajstić information content (AvgIpc) is 3.79. The second-order valence-electron chi connectivity index (χ2n) is 16.8. The quantitative estimate of drug-likeness (QED) is 0.0401. The molecule has 13 nitrogen and oxygen atoms in total. The molecule has 0 fully saturated rings. The van der Waals surface area contributed by atoms with Gasteiger partial charge >= 0.3 is 17.7 Å². The number of amides is 1. The van der Waals surface area contributed by atoms with Crippen LogP contribution in [0, 0.1) is 5.82 Å². The molecule has 3 aliphatic rings. The zero-order valence-electron chi connectivity index (χ0n) is 36.0. The summed E-state index contributed by atoms with van der Waals surface area (Å²) >= 11 is 0. The SMILES string of the molecule is O=C(NCCCCCCOc1ccc(CC2Nc3c(Cc4ccccc4)nc(-c4ccc(O)cc4)c[n+]3C2=O)cc1F)c1ccc2c(c1)C1(OC2=O)c2ccc(O)cc2Oc2cc(O)ccc21. The second-order valence-corrected chi connectivity index (χ2v) is 16.8. The highest BCUT2D eigenvalue weighted by molar-refractivity contribution is 6.00. The Kier molecular flexibility index (Phi) is 11.2. The lowest BCUT2D eigenvalue weighted by molar-refractivity contribution is -0.552. The molecule has 0 aliphatic carbocycles. The number of unbranched alkanes of at least 4 members (excludes halogenated alkanes) is 3. The molecule has 7 aromatic rings. The number of carbonyl (C=O) groups is 3. The maximum atomic E-state index is 15.4. The van der Waals surface area contributed by atoms with Gasteiger partial charge in [0.05, 0.1) is 12.2 Å². The Morgan fingerprint density at radius 2 is 1.49 bits per heavy atom. The highest BCUT2D eigenvalue weighted by Crippen LogP contribution is 2.57. The lowest BCUT2D eigenvalue weighted by Gasteiger charge is -2.36. The number of aromatic hydroxyl groups is 3. The van der Waals surface area contributed by atoms with Crippen LogP contribution in [0.5, 0.6) is 34.5 Å². The van der Waals surface area contributed by atoms with Gasteiger partial charge in [0.2, 0.25) is 0 Å². The van der Waals surface area contributed by atoms with Crippen LogP contribution >= 0.6 is 0 Å². The Bertz CT molecular complexity index is 3040. The average molecular weight is 900 g/mol. The summed E-state index contributed by atoms with van der Waals surface area (Å²) in [5.74, 6) is -0.397. The fourth-order valence-electron chi connectivity index (χ4n) is 9.03. The first-order chi connectivity index (χ1) is 32.5. The summed E-state index contributed by atoms with van der Waals surface area (Å²) in [6.07, 6.45) is 5.35. The third-order valence-electron chi connectivity index (χ3n) is 12.3. The first-order valence-electron chi connectivity index (χ1n) is 22.1. The van der Waals surface area contributed by atoms with Gasteiger partial charge in [0, 0.05) is 59.3 Å². The number of aromatic nitrogens is 2. The predicted molar refractivity (Wildman–Crippen MR) is 243 cm³/mol. The van der Waals surface area contributed by atoms with Gasteiger partial charge in [-0.2, -0.15) is 4.57 Å². The molecule has 0 saturated heterocycles. The van der Waals surface area contributed by atoms with Crippen molar-refractivity contribution in [1.82, 2.24) is 10.3 Å². The molecule has 1 atom stereocenters. The Labute approximate surface area is 384 Å². The molecule has 336 valence electrons. The van der Waals surface area contributed by atoms with E-state index in [1.807, 2.05) is 30.3 Å². The van der Waals surface area contributed by atoms with Crippen molar-refractivity contribution in [2.24, 2.45) is 0 Å². The fourth-order valence-corrected chi connectivity index (χ4v) is 9.03. The van der Waals surface area contributed by atoms with Crippen molar-refractivity contribution in [3.8, 4) is 45.8 Å². The summed E-state index contributed by atoms with van der Waals surface area (Å²) in [4.78, 5) is 45.4. The van der Waals surface area contributed by atoms with Crippen molar-refractivity contribution in [2.45, 2.75) is 50.2 Å². The zero-order valence-corrected chi connectivity index (χ0v) is 36.0. The van der Waals surface area contributed by atoms with Crippen molar-refractivity contribution in [1.29, 1.82) is 0 Å². The van der Waals surface area contributed by atoms with Gasteiger partial charge in [-0.1, -0.05) is 49.2 Å². The molecule has 0 bridgehead atoms. The van der Waals surface area contributed by atoms with E-state index in [2.05, 4.69) is 10.6 Å². The number of hydrogen-bond acceptors (Lipinski definition) is 11. The minimum absolute atomic E-state index is 0.0576. The number of nitrogens with zero attached hydrogens (tertiary/aromatic N) is 2. The van der Waals surface area contributed by atoms with Crippen LogP contribution in [0.4, 0.5) is 10.2 Å². The van der Waals surface area contributed by atoms with Crippen LogP contribution in [0.1, 0.15) is 84.7 Å². The first kappa shape index (κ1) is 42.7. The van der Waals surface area contributed by atoms with E-state index < -0.39 is 23.4 Å². The number of benzene rings is 6. The molecule has 1 aromatic heterocycles. The van der Waals surface area contributed by atoms with E-state index in [1.54, 1.807) is 77.5 Å². The summed E-state index contributed by atoms with van der Waals surface area (Å²) < 4.78 is 34.9. The Morgan fingerprint density at radius 1 is 0.776 bits per heavy atom. The van der Waals surface area contributed by atoms with E-state index in [1.165, 1.54) is 30.3 Å². The van der Waals surface area contributed by atoms with Gasteiger partial charge in [-0.3, -0.25) is 10.1 Å². The highest BCUT2D eigenvalue weighted by Gasteiger charge is 2.54. The van der Waals surface area contributed by atoms with Crippen molar-refractivity contribution >= 4 is 23.6 Å². The van der Waals surface area contributed by atoms with Crippen LogP contribution in [0.15, 0.2) is 134 Å². The smallest absolute Gasteiger partial charge is 0.359 e. The molecule has 0 radical (unpaired) electrons. The van der Waals surface area contributed by atoms with Crippen molar-refractivity contribution < 1.29 is 52.9 Å². The van der Waals surface area contributed by atoms with Gasteiger partial charge < -0.3 is 34.8 Å². The van der Waals surface area contributed by atoms with E-state index in [0.29, 0.717) is 77.4 Å². The van der Waals surface area contributed by atoms with Crippen molar-refractivity contribution in [3.63, 3.8) is 0 Å². The molecule has 10 rings (SSSR count).